The van der Waals surface area contributed by atoms with E-state index >= 15 is 0 Å². The summed E-state index contributed by atoms with van der Waals surface area (Å²) in [4.78, 5) is 0. The van der Waals surface area contributed by atoms with Gasteiger partial charge in [-0.2, -0.15) is 0 Å². The predicted octanol–water partition coefficient (Wildman–Crippen LogP) is 1.73. The van der Waals surface area contributed by atoms with Crippen molar-refractivity contribution < 1.29 is 13.6 Å². The maximum absolute atomic E-state index is 11.5. The highest BCUT2D eigenvalue weighted by Crippen LogP contribution is 2.48. The van der Waals surface area contributed by atoms with Gasteiger partial charge in [-0.05, 0) is 13.5 Å². The van der Waals surface area contributed by atoms with Crippen molar-refractivity contribution in [3.8, 4) is 0 Å². The number of hydrogen-bond donors (Lipinski definition) is 0. The fraction of sp³-hybridized carbons (Fsp3) is 1.00. The lowest BCUT2D eigenvalue weighted by atomic mass is 10.5. The molecular weight excluding hydrogens is 165 g/mol. The van der Waals surface area contributed by atoms with E-state index in [4.69, 9.17) is 9.05 Å². The first-order chi connectivity index (χ1) is 5.10. The molecule has 4 nitrogen and oxygen atoms in total. The van der Waals surface area contributed by atoms with E-state index in [-0.39, 0.29) is 0 Å². The average molecular weight is 181 g/mol. The van der Waals surface area contributed by atoms with E-state index in [9.17, 15) is 4.57 Å². The van der Waals surface area contributed by atoms with E-state index in [1.165, 1.54) is 14.2 Å². The average Bonchev–Trinajstić information content (AvgIpc) is 2.03. The van der Waals surface area contributed by atoms with Gasteiger partial charge in [0.2, 0.25) is 0 Å². The fourth-order valence-corrected chi connectivity index (χ4v) is 1.95. The maximum Gasteiger partial charge on any atom is 0.407 e. The zero-order chi connectivity index (χ0) is 8.91. The lowest BCUT2D eigenvalue weighted by molar-refractivity contribution is 0.221. The van der Waals surface area contributed by atoms with E-state index in [1.807, 2.05) is 6.92 Å². The highest BCUT2D eigenvalue weighted by atomic mass is 31.2. The molecule has 0 aliphatic rings. The van der Waals surface area contributed by atoms with Crippen molar-refractivity contribution in [2.24, 2.45) is 0 Å². The third kappa shape index (κ3) is 2.91. The van der Waals surface area contributed by atoms with E-state index in [0.29, 0.717) is 6.54 Å². The second-order valence-corrected chi connectivity index (χ2v) is 4.57. The van der Waals surface area contributed by atoms with Crippen molar-refractivity contribution in [3.63, 3.8) is 0 Å². The molecule has 0 bridgehead atoms. The number of hydrogen-bond acceptors (Lipinski definition) is 3. The Bertz CT molecular complexity index is 143. The van der Waals surface area contributed by atoms with Crippen LogP contribution in [0.25, 0.3) is 0 Å². The van der Waals surface area contributed by atoms with Crippen molar-refractivity contribution in [1.29, 1.82) is 0 Å². The van der Waals surface area contributed by atoms with Crippen molar-refractivity contribution in [2.45, 2.75) is 13.3 Å². The predicted molar refractivity (Wildman–Crippen MR) is 44.5 cm³/mol. The summed E-state index contributed by atoms with van der Waals surface area (Å²) in [7, 11) is 1.53. The molecule has 0 radical (unpaired) electrons. The van der Waals surface area contributed by atoms with Crippen LogP contribution >= 0.6 is 7.75 Å². The summed E-state index contributed by atoms with van der Waals surface area (Å²) in [6.45, 7) is 2.71. The molecule has 5 heteroatoms. The Morgan fingerprint density at radius 1 is 1.36 bits per heavy atom. The van der Waals surface area contributed by atoms with Crippen LogP contribution in [0.2, 0.25) is 0 Å². The lowest BCUT2D eigenvalue weighted by Gasteiger charge is -2.23. The summed E-state index contributed by atoms with van der Waals surface area (Å²) < 4.78 is 22.6. The smallest absolute Gasteiger partial charge is 0.300 e. The van der Waals surface area contributed by atoms with Crippen LogP contribution in [0.3, 0.4) is 0 Å². The molecule has 0 aromatic rings. The van der Waals surface area contributed by atoms with Crippen molar-refractivity contribution in [3.05, 3.63) is 0 Å². The van der Waals surface area contributed by atoms with Crippen LogP contribution in [-0.2, 0) is 13.6 Å². The van der Waals surface area contributed by atoms with Gasteiger partial charge in [-0.15, -0.1) is 0 Å². The summed E-state index contributed by atoms with van der Waals surface area (Å²) in [5.74, 6) is 0. The molecule has 0 saturated carbocycles. The highest BCUT2D eigenvalue weighted by molar-refractivity contribution is 7.51. The molecule has 0 saturated heterocycles. The normalized spacial score (nSPS) is 12.5. The number of nitrogens with zero attached hydrogens (tertiary/aromatic N) is 1. The summed E-state index contributed by atoms with van der Waals surface area (Å²) in [5.41, 5.74) is 0. The maximum atomic E-state index is 11.5. The topological polar surface area (TPSA) is 38.8 Å². The Balaban J connectivity index is 4.13. The molecule has 0 unspecified atom stereocenters. The number of rotatable bonds is 5. The van der Waals surface area contributed by atoms with E-state index in [0.717, 1.165) is 6.42 Å². The third-order valence-corrected chi connectivity index (χ3v) is 3.39. The Labute approximate surface area is 68.1 Å². The van der Waals surface area contributed by atoms with Crippen molar-refractivity contribution in [1.82, 2.24) is 4.67 Å². The summed E-state index contributed by atoms with van der Waals surface area (Å²) in [5, 5.41) is 0. The molecule has 68 valence electrons. The molecule has 0 aromatic heterocycles. The summed E-state index contributed by atoms with van der Waals surface area (Å²) in [6, 6.07) is 0. The van der Waals surface area contributed by atoms with Crippen LogP contribution in [0, 0.1) is 0 Å². The van der Waals surface area contributed by atoms with Gasteiger partial charge in [0.25, 0.3) is 0 Å². The van der Waals surface area contributed by atoms with Crippen LogP contribution < -0.4 is 0 Å². The zero-order valence-electron chi connectivity index (χ0n) is 7.53. The standard InChI is InChI=1S/C6H16NO3P/c1-5-6-7(2)11(8,9-3)10-4/h5-6H2,1-4H3. The summed E-state index contributed by atoms with van der Waals surface area (Å²) >= 11 is 0. The quantitative estimate of drug-likeness (QED) is 0.605. The van der Waals surface area contributed by atoms with E-state index < -0.39 is 7.75 Å². The molecule has 0 rings (SSSR count). The lowest BCUT2D eigenvalue weighted by Crippen LogP contribution is -2.17. The van der Waals surface area contributed by atoms with E-state index in [1.54, 1.807) is 11.7 Å². The largest absolute Gasteiger partial charge is 0.407 e. The van der Waals surface area contributed by atoms with E-state index in [2.05, 4.69) is 0 Å². The molecule has 0 heterocycles. The molecule has 0 fully saturated rings. The van der Waals surface area contributed by atoms with Gasteiger partial charge in [0.15, 0.2) is 0 Å². The Morgan fingerprint density at radius 3 is 2.09 bits per heavy atom. The van der Waals surface area contributed by atoms with Gasteiger partial charge in [0, 0.05) is 20.8 Å². The van der Waals surface area contributed by atoms with Gasteiger partial charge in [-0.1, -0.05) is 6.92 Å². The van der Waals surface area contributed by atoms with Gasteiger partial charge in [-0.25, -0.2) is 9.24 Å². The van der Waals surface area contributed by atoms with Crippen LogP contribution in [0.5, 0.6) is 0 Å². The van der Waals surface area contributed by atoms with Gasteiger partial charge in [0.1, 0.15) is 0 Å². The Morgan fingerprint density at radius 2 is 1.82 bits per heavy atom. The first kappa shape index (κ1) is 11.1. The van der Waals surface area contributed by atoms with Crippen LogP contribution in [0.4, 0.5) is 0 Å². The second kappa shape index (κ2) is 4.88. The van der Waals surface area contributed by atoms with Crippen molar-refractivity contribution >= 4 is 7.75 Å². The van der Waals surface area contributed by atoms with Gasteiger partial charge in [-0.3, -0.25) is 9.05 Å². The fourth-order valence-electron chi connectivity index (χ4n) is 0.799. The minimum atomic E-state index is -2.96. The highest BCUT2D eigenvalue weighted by Gasteiger charge is 2.26. The second-order valence-electron chi connectivity index (χ2n) is 2.21. The molecular formula is C6H16NO3P. The van der Waals surface area contributed by atoms with Gasteiger partial charge < -0.3 is 0 Å². The molecule has 11 heavy (non-hydrogen) atoms. The Hall–Kier alpha value is 0.110. The Kier molecular flexibility index (Phi) is 4.93. The minimum Gasteiger partial charge on any atom is -0.300 e. The first-order valence-corrected chi connectivity index (χ1v) is 5.03. The monoisotopic (exact) mass is 181 g/mol. The molecule has 0 amide bonds. The van der Waals surface area contributed by atoms with Gasteiger partial charge in [0.05, 0.1) is 0 Å². The van der Waals surface area contributed by atoms with Crippen molar-refractivity contribution in [2.75, 3.05) is 27.8 Å². The molecule has 0 spiro atoms. The SMILES string of the molecule is CCCN(C)P(=O)(OC)OC. The molecule has 0 N–H and O–H groups in total. The molecule has 0 aliphatic heterocycles. The van der Waals surface area contributed by atoms with Crippen LogP contribution in [0.1, 0.15) is 13.3 Å². The van der Waals surface area contributed by atoms with Crippen LogP contribution in [0.15, 0.2) is 0 Å². The zero-order valence-corrected chi connectivity index (χ0v) is 8.43. The summed E-state index contributed by atoms with van der Waals surface area (Å²) in [6.07, 6.45) is 0.924. The third-order valence-electron chi connectivity index (χ3n) is 1.43. The van der Waals surface area contributed by atoms with Gasteiger partial charge >= 0.3 is 7.75 Å². The molecule has 0 aromatic carbocycles. The molecule has 0 aliphatic carbocycles. The first-order valence-electron chi connectivity index (χ1n) is 3.53. The molecule has 0 atom stereocenters. The minimum absolute atomic E-state index is 0.707. The van der Waals surface area contributed by atoms with Crippen LogP contribution in [-0.4, -0.2) is 32.5 Å².